The summed E-state index contributed by atoms with van der Waals surface area (Å²) in [4.78, 5) is 22.3. The van der Waals surface area contributed by atoms with Gasteiger partial charge in [-0.2, -0.15) is 0 Å². The van der Waals surface area contributed by atoms with E-state index in [1.54, 1.807) is 13.0 Å². The predicted octanol–water partition coefficient (Wildman–Crippen LogP) is 0.982. The zero-order valence-corrected chi connectivity index (χ0v) is 11.1. The molecule has 0 saturated heterocycles. The number of esters is 1. The van der Waals surface area contributed by atoms with E-state index in [2.05, 4.69) is 4.74 Å². The van der Waals surface area contributed by atoms with Gasteiger partial charge in [-0.05, 0) is 25.1 Å². The lowest BCUT2D eigenvalue weighted by Crippen LogP contribution is -2.20. The SMILES string of the molecule is COC(=O)C(C)COc1ccc(C(N)=O)cc1OC. The number of primary amides is 1. The Morgan fingerprint density at radius 1 is 1.26 bits per heavy atom. The van der Waals surface area contributed by atoms with Crippen molar-refractivity contribution in [1.29, 1.82) is 0 Å². The fourth-order valence-electron chi connectivity index (χ4n) is 1.42. The number of carbonyl (C=O) groups is 2. The maximum Gasteiger partial charge on any atom is 0.311 e. The molecule has 0 saturated carbocycles. The molecule has 0 radical (unpaired) electrons. The molecule has 0 fully saturated rings. The molecule has 1 aromatic rings. The quantitative estimate of drug-likeness (QED) is 0.776. The molecule has 0 aromatic heterocycles. The van der Waals surface area contributed by atoms with Gasteiger partial charge in [0.05, 0.1) is 20.1 Å². The number of benzene rings is 1. The first kappa shape index (κ1) is 14.8. The van der Waals surface area contributed by atoms with Crippen molar-refractivity contribution in [2.24, 2.45) is 11.7 Å². The lowest BCUT2D eigenvalue weighted by molar-refractivity contribution is -0.145. The maximum absolute atomic E-state index is 11.2. The summed E-state index contributed by atoms with van der Waals surface area (Å²) in [6, 6.07) is 4.59. The number of ether oxygens (including phenoxy) is 3. The fraction of sp³-hybridized carbons (Fsp3) is 0.385. The second kappa shape index (κ2) is 6.63. The monoisotopic (exact) mass is 267 g/mol. The zero-order chi connectivity index (χ0) is 14.4. The number of rotatable bonds is 6. The average Bonchev–Trinajstić information content (AvgIpc) is 2.43. The van der Waals surface area contributed by atoms with Gasteiger partial charge in [-0.15, -0.1) is 0 Å². The van der Waals surface area contributed by atoms with Gasteiger partial charge >= 0.3 is 5.97 Å². The molecule has 0 heterocycles. The van der Waals surface area contributed by atoms with E-state index in [0.29, 0.717) is 17.1 Å². The molecule has 0 aliphatic rings. The number of carbonyl (C=O) groups excluding carboxylic acids is 2. The fourth-order valence-corrected chi connectivity index (χ4v) is 1.42. The molecular formula is C13H17NO5. The highest BCUT2D eigenvalue weighted by Gasteiger charge is 2.15. The Kier molecular flexibility index (Phi) is 5.17. The minimum atomic E-state index is -0.548. The van der Waals surface area contributed by atoms with Gasteiger partial charge in [-0.3, -0.25) is 9.59 Å². The summed E-state index contributed by atoms with van der Waals surface area (Å²) < 4.78 is 15.2. The van der Waals surface area contributed by atoms with Gasteiger partial charge in [0.15, 0.2) is 11.5 Å². The van der Waals surface area contributed by atoms with E-state index < -0.39 is 11.8 Å². The van der Waals surface area contributed by atoms with Crippen molar-refractivity contribution in [2.75, 3.05) is 20.8 Å². The van der Waals surface area contributed by atoms with Gasteiger partial charge in [0.2, 0.25) is 5.91 Å². The Balaban J connectivity index is 2.78. The predicted molar refractivity (Wildman–Crippen MR) is 68.2 cm³/mol. The normalized spacial score (nSPS) is 11.5. The van der Waals surface area contributed by atoms with Crippen molar-refractivity contribution in [2.45, 2.75) is 6.92 Å². The third-order valence-electron chi connectivity index (χ3n) is 2.54. The number of methoxy groups -OCH3 is 2. The maximum atomic E-state index is 11.2. The van der Waals surface area contributed by atoms with Crippen molar-refractivity contribution in [3.8, 4) is 11.5 Å². The molecule has 1 unspecified atom stereocenters. The summed E-state index contributed by atoms with van der Waals surface area (Å²) in [6.45, 7) is 1.84. The van der Waals surface area contributed by atoms with Crippen molar-refractivity contribution in [3.05, 3.63) is 23.8 Å². The highest BCUT2D eigenvalue weighted by atomic mass is 16.5. The molecule has 6 nitrogen and oxygen atoms in total. The number of amides is 1. The van der Waals surface area contributed by atoms with E-state index in [-0.39, 0.29) is 12.6 Å². The Hall–Kier alpha value is -2.24. The highest BCUT2D eigenvalue weighted by molar-refractivity contribution is 5.93. The van der Waals surface area contributed by atoms with E-state index in [1.807, 2.05) is 0 Å². The van der Waals surface area contributed by atoms with E-state index in [4.69, 9.17) is 15.2 Å². The summed E-state index contributed by atoms with van der Waals surface area (Å²) in [5.74, 6) is -0.484. The molecule has 2 N–H and O–H groups in total. The lowest BCUT2D eigenvalue weighted by Gasteiger charge is -2.14. The first-order chi connectivity index (χ1) is 8.99. The number of nitrogens with two attached hydrogens (primary N) is 1. The summed E-state index contributed by atoms with van der Waals surface area (Å²) in [7, 11) is 2.78. The van der Waals surface area contributed by atoms with Crippen LogP contribution in [0.2, 0.25) is 0 Å². The second-order valence-corrected chi connectivity index (χ2v) is 3.97. The standard InChI is InChI=1S/C13H17NO5/c1-8(13(16)18-3)7-19-10-5-4-9(12(14)15)6-11(10)17-2/h4-6,8H,7H2,1-3H3,(H2,14,15). The van der Waals surface area contributed by atoms with Crippen LogP contribution in [0.15, 0.2) is 18.2 Å². The minimum Gasteiger partial charge on any atom is -0.493 e. The van der Waals surface area contributed by atoms with E-state index in [0.717, 1.165) is 0 Å². The van der Waals surface area contributed by atoms with Crippen LogP contribution in [-0.2, 0) is 9.53 Å². The molecule has 0 spiro atoms. The van der Waals surface area contributed by atoms with Crippen LogP contribution in [0.25, 0.3) is 0 Å². The minimum absolute atomic E-state index is 0.152. The molecule has 0 aliphatic heterocycles. The molecule has 1 atom stereocenters. The van der Waals surface area contributed by atoms with Gasteiger partial charge < -0.3 is 19.9 Å². The Morgan fingerprint density at radius 2 is 1.95 bits per heavy atom. The first-order valence-electron chi connectivity index (χ1n) is 5.68. The highest BCUT2D eigenvalue weighted by Crippen LogP contribution is 2.28. The Bertz CT molecular complexity index is 472. The van der Waals surface area contributed by atoms with E-state index >= 15 is 0 Å². The summed E-state index contributed by atoms with van der Waals surface area (Å²) in [6.07, 6.45) is 0. The van der Waals surface area contributed by atoms with Crippen LogP contribution < -0.4 is 15.2 Å². The van der Waals surface area contributed by atoms with Crippen LogP contribution >= 0.6 is 0 Å². The molecule has 1 aromatic carbocycles. The molecule has 1 rings (SSSR count). The molecular weight excluding hydrogens is 250 g/mol. The summed E-state index contributed by atoms with van der Waals surface area (Å²) >= 11 is 0. The van der Waals surface area contributed by atoms with Crippen LogP contribution in [0.1, 0.15) is 17.3 Å². The third kappa shape index (κ3) is 3.87. The molecule has 0 aliphatic carbocycles. The Morgan fingerprint density at radius 3 is 2.47 bits per heavy atom. The van der Waals surface area contributed by atoms with Crippen LogP contribution in [0, 0.1) is 5.92 Å². The van der Waals surface area contributed by atoms with E-state index in [9.17, 15) is 9.59 Å². The molecule has 19 heavy (non-hydrogen) atoms. The van der Waals surface area contributed by atoms with Crippen molar-refractivity contribution < 1.29 is 23.8 Å². The third-order valence-corrected chi connectivity index (χ3v) is 2.54. The van der Waals surface area contributed by atoms with Gasteiger partial charge in [-0.1, -0.05) is 0 Å². The van der Waals surface area contributed by atoms with Crippen LogP contribution in [0.4, 0.5) is 0 Å². The largest absolute Gasteiger partial charge is 0.493 e. The van der Waals surface area contributed by atoms with Crippen molar-refractivity contribution in [1.82, 2.24) is 0 Å². The van der Waals surface area contributed by atoms with Gasteiger partial charge in [0.1, 0.15) is 6.61 Å². The topological polar surface area (TPSA) is 87.9 Å². The Labute approximate surface area is 111 Å². The zero-order valence-electron chi connectivity index (χ0n) is 11.1. The van der Waals surface area contributed by atoms with Gasteiger partial charge in [0.25, 0.3) is 0 Å². The lowest BCUT2D eigenvalue weighted by atomic mass is 10.2. The van der Waals surface area contributed by atoms with E-state index in [1.165, 1.54) is 26.4 Å². The first-order valence-corrected chi connectivity index (χ1v) is 5.68. The van der Waals surface area contributed by atoms with Crippen LogP contribution in [-0.4, -0.2) is 32.7 Å². The van der Waals surface area contributed by atoms with Crippen LogP contribution in [0.3, 0.4) is 0 Å². The number of hydrogen-bond donors (Lipinski definition) is 1. The molecule has 0 bridgehead atoms. The van der Waals surface area contributed by atoms with Gasteiger partial charge in [0, 0.05) is 5.56 Å². The average molecular weight is 267 g/mol. The summed E-state index contributed by atoms with van der Waals surface area (Å²) in [5, 5.41) is 0. The molecule has 104 valence electrons. The second-order valence-electron chi connectivity index (χ2n) is 3.97. The van der Waals surface area contributed by atoms with Gasteiger partial charge in [-0.25, -0.2) is 0 Å². The summed E-state index contributed by atoms with van der Waals surface area (Å²) in [5.41, 5.74) is 5.50. The van der Waals surface area contributed by atoms with Crippen LogP contribution in [0.5, 0.6) is 11.5 Å². The number of hydrogen-bond acceptors (Lipinski definition) is 5. The van der Waals surface area contributed by atoms with Crippen molar-refractivity contribution >= 4 is 11.9 Å². The smallest absolute Gasteiger partial charge is 0.311 e. The molecule has 6 heteroatoms. The van der Waals surface area contributed by atoms with Crippen molar-refractivity contribution in [3.63, 3.8) is 0 Å². The molecule has 1 amide bonds.